The Kier molecular flexibility index (Phi) is 4.46. The van der Waals surface area contributed by atoms with E-state index in [-0.39, 0.29) is 11.4 Å². The fraction of sp³-hybridized carbons (Fsp3) is 0.667. The van der Waals surface area contributed by atoms with Crippen molar-refractivity contribution in [2.45, 2.75) is 62.8 Å². The zero-order valence-electron chi connectivity index (χ0n) is 17.1. The van der Waals surface area contributed by atoms with E-state index in [9.17, 15) is 4.79 Å². The van der Waals surface area contributed by atoms with E-state index in [4.69, 9.17) is 4.98 Å². The van der Waals surface area contributed by atoms with Crippen molar-refractivity contribution < 1.29 is 4.79 Å². The number of hydrogen-bond donors (Lipinski definition) is 1. The first-order chi connectivity index (χ1) is 14.1. The largest absolute Gasteiger partial charge is 0.350 e. The Balaban J connectivity index is 1.10. The number of nitrogens with one attached hydrogen (secondary N) is 1. The van der Waals surface area contributed by atoms with Crippen molar-refractivity contribution in [2.75, 3.05) is 19.6 Å². The molecule has 29 heavy (non-hydrogen) atoms. The number of aromatic nitrogens is 1. The molecule has 0 radical (unpaired) electrons. The number of para-hydroxylation sites is 1. The van der Waals surface area contributed by atoms with Crippen LogP contribution >= 0.6 is 11.3 Å². The fourth-order valence-electron chi connectivity index (χ4n) is 7.27. The maximum absolute atomic E-state index is 13.0. The Morgan fingerprint density at radius 1 is 1.14 bits per heavy atom. The van der Waals surface area contributed by atoms with Crippen LogP contribution in [0.25, 0.3) is 10.2 Å². The number of rotatable bonds is 4. The highest BCUT2D eigenvalue weighted by Gasteiger charge is 2.51. The average molecular weight is 410 g/mol. The molecule has 0 spiro atoms. The Hall–Kier alpha value is -1.46. The van der Waals surface area contributed by atoms with Gasteiger partial charge in [-0.25, -0.2) is 4.98 Å². The number of fused-ring (bicyclic) bond motifs is 1. The third-order valence-corrected chi connectivity index (χ3v) is 9.17. The number of thiazole rings is 1. The first-order valence-corrected chi connectivity index (χ1v) is 12.3. The second kappa shape index (κ2) is 7.05. The van der Waals surface area contributed by atoms with Crippen molar-refractivity contribution in [1.82, 2.24) is 15.2 Å². The first-order valence-electron chi connectivity index (χ1n) is 11.5. The monoisotopic (exact) mass is 409 g/mol. The SMILES string of the molecule is O=C(CN1CCC[C@H](c2nc3ccccc3s2)C1)NC12CC3CC(CC(C3)C1)C2. The van der Waals surface area contributed by atoms with Gasteiger partial charge < -0.3 is 5.32 Å². The van der Waals surface area contributed by atoms with E-state index in [2.05, 4.69) is 34.5 Å². The van der Waals surface area contributed by atoms with Gasteiger partial charge in [0.05, 0.1) is 21.8 Å². The van der Waals surface area contributed by atoms with Gasteiger partial charge in [-0.1, -0.05) is 12.1 Å². The number of hydrogen-bond acceptors (Lipinski definition) is 4. The van der Waals surface area contributed by atoms with E-state index in [0.717, 1.165) is 42.8 Å². The van der Waals surface area contributed by atoms with Crippen LogP contribution in [0, 0.1) is 17.8 Å². The molecule has 2 aromatic rings. The second-order valence-corrected chi connectivity index (χ2v) is 11.4. The van der Waals surface area contributed by atoms with Crippen LogP contribution in [0.2, 0.25) is 0 Å². The number of carbonyl (C=O) groups excluding carboxylic acids is 1. The molecule has 5 heteroatoms. The van der Waals surface area contributed by atoms with E-state index in [0.29, 0.717) is 12.5 Å². The Morgan fingerprint density at radius 3 is 2.59 bits per heavy atom. The molecule has 154 valence electrons. The summed E-state index contributed by atoms with van der Waals surface area (Å²) in [4.78, 5) is 20.3. The van der Waals surface area contributed by atoms with Crippen molar-refractivity contribution in [1.29, 1.82) is 0 Å². The zero-order valence-corrected chi connectivity index (χ0v) is 17.9. The maximum atomic E-state index is 13.0. The van der Waals surface area contributed by atoms with Crippen molar-refractivity contribution in [3.63, 3.8) is 0 Å². The molecule has 2 heterocycles. The average Bonchev–Trinajstić information content (AvgIpc) is 3.11. The topological polar surface area (TPSA) is 45.2 Å². The summed E-state index contributed by atoms with van der Waals surface area (Å²) in [6, 6.07) is 8.42. The molecule has 5 fully saturated rings. The summed E-state index contributed by atoms with van der Waals surface area (Å²) in [7, 11) is 0. The Labute approximate surface area is 177 Å². The second-order valence-electron chi connectivity index (χ2n) is 10.3. The van der Waals surface area contributed by atoms with Crippen LogP contribution < -0.4 is 5.32 Å². The molecular formula is C24H31N3OS. The quantitative estimate of drug-likeness (QED) is 0.805. The lowest BCUT2D eigenvalue weighted by Crippen LogP contribution is -2.61. The van der Waals surface area contributed by atoms with Gasteiger partial charge in [0.2, 0.25) is 5.91 Å². The van der Waals surface area contributed by atoms with Crippen molar-refractivity contribution in [2.24, 2.45) is 17.8 Å². The highest BCUT2D eigenvalue weighted by molar-refractivity contribution is 7.18. The lowest BCUT2D eigenvalue weighted by Gasteiger charge is -2.57. The molecule has 5 aliphatic rings. The normalized spacial score (nSPS) is 36.6. The molecule has 4 nitrogen and oxygen atoms in total. The molecule has 1 N–H and O–H groups in total. The molecule has 1 saturated heterocycles. The molecule has 4 aliphatic carbocycles. The number of piperidine rings is 1. The number of likely N-dealkylation sites (tertiary alicyclic amines) is 1. The van der Waals surface area contributed by atoms with Gasteiger partial charge in [0.1, 0.15) is 0 Å². The highest BCUT2D eigenvalue weighted by atomic mass is 32.1. The Bertz CT molecular complexity index is 853. The molecule has 1 aliphatic heterocycles. The van der Waals surface area contributed by atoms with Crippen molar-refractivity contribution >= 4 is 27.5 Å². The van der Waals surface area contributed by atoms with Crippen LogP contribution in [0.15, 0.2) is 24.3 Å². The highest BCUT2D eigenvalue weighted by Crippen LogP contribution is 2.55. The minimum atomic E-state index is 0.133. The predicted molar refractivity (Wildman–Crippen MR) is 117 cm³/mol. The first kappa shape index (κ1) is 18.3. The minimum Gasteiger partial charge on any atom is -0.350 e. The fourth-order valence-corrected chi connectivity index (χ4v) is 8.36. The summed E-state index contributed by atoms with van der Waals surface area (Å²) < 4.78 is 1.28. The molecule has 4 bridgehead atoms. The van der Waals surface area contributed by atoms with E-state index in [1.165, 1.54) is 54.7 Å². The van der Waals surface area contributed by atoms with Crippen molar-refractivity contribution in [3.05, 3.63) is 29.3 Å². The molecule has 1 aromatic carbocycles. The van der Waals surface area contributed by atoms with E-state index >= 15 is 0 Å². The van der Waals surface area contributed by atoms with Gasteiger partial charge in [-0.3, -0.25) is 9.69 Å². The standard InChI is InChI=1S/C24H31N3OS/c28-22(26-24-11-16-8-17(12-24)10-18(9-16)13-24)15-27-7-3-4-19(14-27)23-25-20-5-1-2-6-21(20)29-23/h1-2,5-6,16-19H,3-4,7-15H2,(H,26,28)/t16?,17?,18?,19-,24?/m0/s1. The molecule has 1 aromatic heterocycles. The summed E-state index contributed by atoms with van der Waals surface area (Å²) in [5.74, 6) is 3.35. The van der Waals surface area contributed by atoms with Gasteiger partial charge >= 0.3 is 0 Å². The third-order valence-electron chi connectivity index (χ3n) is 7.98. The van der Waals surface area contributed by atoms with Gasteiger partial charge in [-0.2, -0.15) is 0 Å². The van der Waals surface area contributed by atoms with Crippen LogP contribution in [0.4, 0.5) is 0 Å². The van der Waals surface area contributed by atoms with Crippen LogP contribution in [0.3, 0.4) is 0 Å². The van der Waals surface area contributed by atoms with Gasteiger partial charge in [-0.05, 0) is 87.8 Å². The molecule has 1 atom stereocenters. The Morgan fingerprint density at radius 2 is 1.86 bits per heavy atom. The van der Waals surface area contributed by atoms with Gasteiger partial charge in [0, 0.05) is 18.0 Å². The maximum Gasteiger partial charge on any atom is 0.234 e. The van der Waals surface area contributed by atoms with Gasteiger partial charge in [0.25, 0.3) is 0 Å². The number of nitrogens with zero attached hydrogens (tertiary/aromatic N) is 2. The molecular weight excluding hydrogens is 378 g/mol. The van der Waals surface area contributed by atoms with E-state index in [1.54, 1.807) is 0 Å². The van der Waals surface area contributed by atoms with Gasteiger partial charge in [-0.15, -0.1) is 11.3 Å². The van der Waals surface area contributed by atoms with Crippen LogP contribution in [0.1, 0.15) is 62.3 Å². The summed E-state index contributed by atoms with van der Waals surface area (Å²) in [5.41, 5.74) is 1.25. The molecule has 4 saturated carbocycles. The van der Waals surface area contributed by atoms with Crippen LogP contribution in [-0.4, -0.2) is 41.0 Å². The van der Waals surface area contributed by atoms with E-state index < -0.39 is 0 Å². The molecule has 7 rings (SSSR count). The zero-order chi connectivity index (χ0) is 19.4. The number of carbonyl (C=O) groups is 1. The summed E-state index contributed by atoms with van der Waals surface area (Å²) in [5, 5.41) is 4.80. The number of benzene rings is 1. The minimum absolute atomic E-state index is 0.133. The van der Waals surface area contributed by atoms with Crippen LogP contribution in [0.5, 0.6) is 0 Å². The van der Waals surface area contributed by atoms with Crippen molar-refractivity contribution in [3.8, 4) is 0 Å². The lowest BCUT2D eigenvalue weighted by molar-refractivity contribution is -0.128. The van der Waals surface area contributed by atoms with Gasteiger partial charge in [0.15, 0.2) is 0 Å². The molecule has 1 amide bonds. The molecule has 0 unspecified atom stereocenters. The predicted octanol–water partition coefficient (Wildman–Crippen LogP) is 4.56. The summed E-state index contributed by atoms with van der Waals surface area (Å²) >= 11 is 1.83. The van der Waals surface area contributed by atoms with E-state index in [1.807, 2.05) is 11.3 Å². The van der Waals surface area contributed by atoms with Crippen LogP contribution in [-0.2, 0) is 4.79 Å². The summed E-state index contributed by atoms with van der Waals surface area (Å²) in [6.07, 6.45) is 10.3. The summed E-state index contributed by atoms with van der Waals surface area (Å²) in [6.45, 7) is 2.56. The smallest absolute Gasteiger partial charge is 0.234 e. The lowest BCUT2D eigenvalue weighted by atomic mass is 9.53. The number of amides is 1. The third kappa shape index (κ3) is 3.50.